The standard InChI is InChI=1S/C22H17BrClNO4/c23-13-4-1-3-12(9-13)19-18-20(26)16-10-14(24)6-7-17(16)29-21(18)22(27)25(19)11-15-5-2-8-28-15/h1,3-4,6-7,9-10,15,19H,2,5,8,11H2/t15-,19-/m1/s1. The Kier molecular flexibility index (Phi) is 4.73. The minimum atomic E-state index is -0.529. The monoisotopic (exact) mass is 473 g/mol. The van der Waals surface area contributed by atoms with Crippen molar-refractivity contribution in [3.05, 3.63) is 79.1 Å². The second kappa shape index (κ2) is 7.27. The van der Waals surface area contributed by atoms with E-state index in [0.29, 0.717) is 34.7 Å². The van der Waals surface area contributed by atoms with Gasteiger partial charge in [0.15, 0.2) is 5.43 Å². The second-order valence-corrected chi connectivity index (χ2v) is 8.72. The van der Waals surface area contributed by atoms with Crippen LogP contribution in [-0.2, 0) is 4.74 Å². The van der Waals surface area contributed by atoms with Crippen LogP contribution in [0.3, 0.4) is 0 Å². The molecule has 0 bridgehead atoms. The maximum atomic E-state index is 13.4. The van der Waals surface area contributed by atoms with E-state index in [4.69, 9.17) is 20.8 Å². The molecule has 0 saturated carbocycles. The van der Waals surface area contributed by atoms with Crippen molar-refractivity contribution in [3.63, 3.8) is 0 Å². The molecule has 0 N–H and O–H groups in total. The molecule has 29 heavy (non-hydrogen) atoms. The van der Waals surface area contributed by atoms with E-state index in [1.54, 1.807) is 23.1 Å². The molecule has 1 aromatic heterocycles. The third-order valence-corrected chi connectivity index (χ3v) is 6.24. The van der Waals surface area contributed by atoms with Crippen molar-refractivity contribution >= 4 is 44.4 Å². The molecule has 0 unspecified atom stereocenters. The van der Waals surface area contributed by atoms with Gasteiger partial charge in [-0.25, -0.2) is 0 Å². The normalized spacial score (nSPS) is 21.2. The number of hydrogen-bond donors (Lipinski definition) is 0. The molecule has 3 aromatic rings. The Hall–Kier alpha value is -2.15. The summed E-state index contributed by atoms with van der Waals surface area (Å²) in [6, 6.07) is 12.0. The number of benzene rings is 2. The summed E-state index contributed by atoms with van der Waals surface area (Å²) in [7, 11) is 0. The van der Waals surface area contributed by atoms with Crippen molar-refractivity contribution in [1.82, 2.24) is 4.90 Å². The summed E-state index contributed by atoms with van der Waals surface area (Å²) in [6.45, 7) is 1.11. The number of ether oxygens (including phenoxy) is 1. The fourth-order valence-corrected chi connectivity index (χ4v) is 4.80. The molecule has 3 heterocycles. The topological polar surface area (TPSA) is 59.8 Å². The average molecular weight is 475 g/mol. The Morgan fingerprint density at radius 2 is 2.03 bits per heavy atom. The summed E-state index contributed by atoms with van der Waals surface area (Å²) < 4.78 is 12.6. The molecular weight excluding hydrogens is 458 g/mol. The first kappa shape index (κ1) is 18.9. The summed E-state index contributed by atoms with van der Waals surface area (Å²) in [5, 5.41) is 0.826. The van der Waals surface area contributed by atoms with Gasteiger partial charge >= 0.3 is 0 Å². The zero-order valence-corrected chi connectivity index (χ0v) is 17.7. The quantitative estimate of drug-likeness (QED) is 0.540. The molecule has 2 aliphatic heterocycles. The molecule has 0 aliphatic carbocycles. The third-order valence-electron chi connectivity index (χ3n) is 5.52. The van der Waals surface area contributed by atoms with E-state index < -0.39 is 6.04 Å². The fourth-order valence-electron chi connectivity index (χ4n) is 4.21. The van der Waals surface area contributed by atoms with E-state index in [2.05, 4.69) is 15.9 Å². The van der Waals surface area contributed by atoms with Crippen LogP contribution in [0.25, 0.3) is 11.0 Å². The number of carbonyl (C=O) groups is 1. The highest BCUT2D eigenvalue weighted by Crippen LogP contribution is 2.39. The number of fused-ring (bicyclic) bond motifs is 2. The van der Waals surface area contributed by atoms with Crippen LogP contribution in [0.15, 0.2) is 56.1 Å². The summed E-state index contributed by atoms with van der Waals surface area (Å²) in [4.78, 5) is 28.4. The minimum Gasteiger partial charge on any atom is -0.450 e. The molecule has 2 aliphatic rings. The number of amides is 1. The fraction of sp³-hybridized carbons (Fsp3) is 0.273. The molecular formula is C22H17BrClNO4. The highest BCUT2D eigenvalue weighted by atomic mass is 79.9. The SMILES string of the molecule is O=C1c2oc3ccc(Cl)cc3c(=O)c2[C@@H](c2cccc(Br)c2)N1C[C@H]1CCCO1. The van der Waals surface area contributed by atoms with E-state index in [0.717, 1.165) is 22.9 Å². The number of hydrogen-bond acceptors (Lipinski definition) is 4. The summed E-state index contributed by atoms with van der Waals surface area (Å²) in [5.74, 6) is -0.178. The number of halogens is 2. The van der Waals surface area contributed by atoms with Gasteiger partial charge < -0.3 is 14.1 Å². The Labute approximate surface area is 180 Å². The van der Waals surface area contributed by atoms with Gasteiger partial charge in [0.2, 0.25) is 5.76 Å². The number of nitrogens with zero attached hydrogens (tertiary/aromatic N) is 1. The van der Waals surface area contributed by atoms with E-state index in [1.165, 1.54) is 0 Å². The number of carbonyl (C=O) groups excluding carboxylic acids is 1. The van der Waals surface area contributed by atoms with Crippen molar-refractivity contribution in [1.29, 1.82) is 0 Å². The van der Waals surface area contributed by atoms with Gasteiger partial charge in [0.05, 0.1) is 23.1 Å². The predicted molar refractivity (Wildman–Crippen MR) is 113 cm³/mol. The first-order chi connectivity index (χ1) is 14.0. The molecule has 2 aromatic carbocycles. The van der Waals surface area contributed by atoms with E-state index in [-0.39, 0.29) is 23.2 Å². The van der Waals surface area contributed by atoms with Crippen LogP contribution in [0.4, 0.5) is 0 Å². The molecule has 7 heteroatoms. The lowest BCUT2D eigenvalue weighted by Crippen LogP contribution is -2.36. The van der Waals surface area contributed by atoms with Crippen molar-refractivity contribution < 1.29 is 13.9 Å². The lowest BCUT2D eigenvalue weighted by Gasteiger charge is -2.27. The first-order valence-electron chi connectivity index (χ1n) is 9.47. The maximum Gasteiger partial charge on any atom is 0.291 e. The molecule has 1 amide bonds. The molecule has 0 spiro atoms. The average Bonchev–Trinajstić information content (AvgIpc) is 3.31. The first-order valence-corrected chi connectivity index (χ1v) is 10.6. The van der Waals surface area contributed by atoms with Gasteiger partial charge in [-0.3, -0.25) is 9.59 Å². The van der Waals surface area contributed by atoms with Crippen LogP contribution < -0.4 is 5.43 Å². The van der Waals surface area contributed by atoms with Gasteiger partial charge in [-0.1, -0.05) is 39.7 Å². The molecule has 0 radical (unpaired) electrons. The molecule has 5 rings (SSSR count). The van der Waals surface area contributed by atoms with Crippen LogP contribution in [0, 0.1) is 0 Å². The van der Waals surface area contributed by atoms with Crippen molar-refractivity contribution in [2.45, 2.75) is 25.0 Å². The zero-order chi connectivity index (χ0) is 20.1. The summed E-state index contributed by atoms with van der Waals surface area (Å²) >= 11 is 9.60. The van der Waals surface area contributed by atoms with Crippen molar-refractivity contribution in [2.24, 2.45) is 0 Å². The maximum absolute atomic E-state index is 13.4. The molecule has 1 fully saturated rings. The van der Waals surface area contributed by atoms with Crippen LogP contribution in [0.1, 0.15) is 40.6 Å². The molecule has 5 nitrogen and oxygen atoms in total. The van der Waals surface area contributed by atoms with Crippen molar-refractivity contribution in [2.75, 3.05) is 13.2 Å². The van der Waals surface area contributed by atoms with E-state index in [9.17, 15) is 9.59 Å². The van der Waals surface area contributed by atoms with Gasteiger partial charge in [0.25, 0.3) is 5.91 Å². The number of rotatable bonds is 3. The second-order valence-electron chi connectivity index (χ2n) is 7.36. The molecule has 148 valence electrons. The summed E-state index contributed by atoms with van der Waals surface area (Å²) in [6.07, 6.45) is 1.83. The van der Waals surface area contributed by atoms with Crippen LogP contribution in [-0.4, -0.2) is 30.1 Å². The van der Waals surface area contributed by atoms with Gasteiger partial charge in [-0.05, 0) is 48.7 Å². The Bertz CT molecular complexity index is 1190. The highest BCUT2D eigenvalue weighted by molar-refractivity contribution is 9.10. The lowest BCUT2D eigenvalue weighted by molar-refractivity contribution is 0.0486. The smallest absolute Gasteiger partial charge is 0.291 e. The predicted octanol–water partition coefficient (Wildman–Crippen LogP) is 4.93. The Morgan fingerprint density at radius 3 is 2.79 bits per heavy atom. The third kappa shape index (κ3) is 3.19. The van der Waals surface area contributed by atoms with Crippen LogP contribution in [0.2, 0.25) is 5.02 Å². The Balaban J connectivity index is 1.72. The van der Waals surface area contributed by atoms with Crippen LogP contribution in [0.5, 0.6) is 0 Å². The molecule has 2 atom stereocenters. The van der Waals surface area contributed by atoms with Gasteiger partial charge in [0, 0.05) is 22.6 Å². The van der Waals surface area contributed by atoms with Crippen LogP contribution >= 0.6 is 27.5 Å². The van der Waals surface area contributed by atoms with Gasteiger partial charge in [0.1, 0.15) is 5.58 Å². The van der Waals surface area contributed by atoms with Gasteiger partial charge in [-0.2, -0.15) is 0 Å². The zero-order valence-electron chi connectivity index (χ0n) is 15.4. The highest BCUT2D eigenvalue weighted by Gasteiger charge is 2.43. The van der Waals surface area contributed by atoms with E-state index >= 15 is 0 Å². The Morgan fingerprint density at radius 1 is 1.17 bits per heavy atom. The minimum absolute atomic E-state index is 0.0399. The van der Waals surface area contributed by atoms with Gasteiger partial charge in [-0.15, -0.1) is 0 Å². The largest absolute Gasteiger partial charge is 0.450 e. The van der Waals surface area contributed by atoms with E-state index in [1.807, 2.05) is 24.3 Å². The lowest BCUT2D eigenvalue weighted by atomic mass is 9.98. The summed E-state index contributed by atoms with van der Waals surface area (Å²) in [5.41, 5.74) is 1.34. The molecule has 1 saturated heterocycles. The van der Waals surface area contributed by atoms with Crippen molar-refractivity contribution in [3.8, 4) is 0 Å².